The molecule has 4 heteroatoms. The van der Waals surface area contributed by atoms with Crippen LogP contribution in [-0.4, -0.2) is 14.2 Å². The Balaban J connectivity index is 2.05. The van der Waals surface area contributed by atoms with Crippen molar-refractivity contribution in [2.75, 3.05) is 19.5 Å². The Hall–Kier alpha value is -1.43. The van der Waals surface area contributed by atoms with Crippen molar-refractivity contribution in [3.05, 3.63) is 51.6 Å². The summed E-state index contributed by atoms with van der Waals surface area (Å²) in [6.07, 6.45) is 0. The van der Waals surface area contributed by atoms with Crippen LogP contribution in [0.2, 0.25) is 0 Å². The number of anilines is 1. The fourth-order valence-electron chi connectivity index (χ4n) is 1.76. The van der Waals surface area contributed by atoms with Gasteiger partial charge in [0.25, 0.3) is 0 Å². The van der Waals surface area contributed by atoms with Crippen LogP contribution in [0, 0.1) is 3.57 Å². The molecule has 0 saturated carbocycles. The largest absolute Gasteiger partial charge is 0.493 e. The van der Waals surface area contributed by atoms with Crippen LogP contribution >= 0.6 is 22.6 Å². The second-order valence-electron chi connectivity index (χ2n) is 4.05. The Morgan fingerprint density at radius 3 is 2.26 bits per heavy atom. The summed E-state index contributed by atoms with van der Waals surface area (Å²) in [6.45, 7) is 0.751. The van der Waals surface area contributed by atoms with Gasteiger partial charge in [-0.05, 0) is 64.6 Å². The normalized spacial score (nSPS) is 10.1. The second-order valence-corrected chi connectivity index (χ2v) is 5.30. The monoisotopic (exact) mass is 369 g/mol. The molecule has 0 aliphatic carbocycles. The zero-order valence-corrected chi connectivity index (χ0v) is 13.1. The van der Waals surface area contributed by atoms with Crippen molar-refractivity contribution in [2.45, 2.75) is 6.54 Å². The Bertz CT molecular complexity index is 540. The Kier molecular flexibility index (Phi) is 4.90. The van der Waals surface area contributed by atoms with Gasteiger partial charge in [-0.1, -0.05) is 6.07 Å². The maximum atomic E-state index is 5.29. The van der Waals surface area contributed by atoms with E-state index < -0.39 is 0 Å². The summed E-state index contributed by atoms with van der Waals surface area (Å²) in [5, 5.41) is 3.38. The van der Waals surface area contributed by atoms with E-state index in [1.807, 2.05) is 18.2 Å². The number of hydrogen-bond acceptors (Lipinski definition) is 3. The summed E-state index contributed by atoms with van der Waals surface area (Å²) >= 11 is 2.30. The van der Waals surface area contributed by atoms with Crippen LogP contribution in [0.25, 0.3) is 0 Å². The molecule has 0 amide bonds. The van der Waals surface area contributed by atoms with E-state index in [4.69, 9.17) is 9.47 Å². The van der Waals surface area contributed by atoms with Crippen LogP contribution in [0.5, 0.6) is 11.5 Å². The number of methoxy groups -OCH3 is 2. The predicted octanol–water partition coefficient (Wildman–Crippen LogP) is 3.92. The minimum atomic E-state index is 0.750. The van der Waals surface area contributed by atoms with Gasteiger partial charge in [0.1, 0.15) is 0 Å². The number of nitrogens with one attached hydrogen (secondary N) is 1. The topological polar surface area (TPSA) is 30.5 Å². The summed E-state index contributed by atoms with van der Waals surface area (Å²) in [5.41, 5.74) is 2.26. The molecular weight excluding hydrogens is 353 g/mol. The van der Waals surface area contributed by atoms with E-state index in [2.05, 4.69) is 52.2 Å². The summed E-state index contributed by atoms with van der Waals surface area (Å²) in [7, 11) is 3.29. The Morgan fingerprint density at radius 1 is 0.947 bits per heavy atom. The van der Waals surface area contributed by atoms with Gasteiger partial charge in [0.15, 0.2) is 11.5 Å². The van der Waals surface area contributed by atoms with Gasteiger partial charge in [-0.3, -0.25) is 0 Å². The van der Waals surface area contributed by atoms with Crippen LogP contribution in [0.15, 0.2) is 42.5 Å². The average Bonchev–Trinajstić information content (AvgIpc) is 2.46. The molecule has 0 bridgehead atoms. The molecule has 0 unspecified atom stereocenters. The molecule has 0 atom stereocenters. The fourth-order valence-corrected chi connectivity index (χ4v) is 2.12. The van der Waals surface area contributed by atoms with Crippen molar-refractivity contribution in [3.63, 3.8) is 0 Å². The zero-order chi connectivity index (χ0) is 13.7. The molecule has 0 saturated heterocycles. The van der Waals surface area contributed by atoms with Crippen LogP contribution < -0.4 is 14.8 Å². The zero-order valence-electron chi connectivity index (χ0n) is 10.9. The van der Waals surface area contributed by atoms with Gasteiger partial charge in [0.05, 0.1) is 14.2 Å². The van der Waals surface area contributed by atoms with Gasteiger partial charge < -0.3 is 14.8 Å². The van der Waals surface area contributed by atoms with Gasteiger partial charge >= 0.3 is 0 Å². The number of benzene rings is 2. The maximum absolute atomic E-state index is 5.29. The first-order valence-electron chi connectivity index (χ1n) is 5.93. The molecule has 0 radical (unpaired) electrons. The van der Waals surface area contributed by atoms with E-state index in [-0.39, 0.29) is 0 Å². The number of ether oxygens (including phenoxy) is 2. The van der Waals surface area contributed by atoms with Crippen LogP contribution in [-0.2, 0) is 6.54 Å². The first-order chi connectivity index (χ1) is 9.22. The minimum Gasteiger partial charge on any atom is -0.493 e. The summed E-state index contributed by atoms with van der Waals surface area (Å²) in [6, 6.07) is 14.2. The SMILES string of the molecule is COc1ccc(CNc2ccc(I)cc2)cc1OC. The smallest absolute Gasteiger partial charge is 0.161 e. The summed E-state index contributed by atoms with van der Waals surface area (Å²) in [5.74, 6) is 1.50. The summed E-state index contributed by atoms with van der Waals surface area (Å²) < 4.78 is 11.7. The van der Waals surface area contributed by atoms with Gasteiger partial charge in [-0.25, -0.2) is 0 Å². The third kappa shape index (κ3) is 3.76. The van der Waals surface area contributed by atoms with Crippen LogP contribution in [0.4, 0.5) is 5.69 Å². The van der Waals surface area contributed by atoms with E-state index >= 15 is 0 Å². The van der Waals surface area contributed by atoms with E-state index in [1.54, 1.807) is 14.2 Å². The van der Waals surface area contributed by atoms with Crippen LogP contribution in [0.3, 0.4) is 0 Å². The lowest BCUT2D eigenvalue weighted by Gasteiger charge is -2.11. The van der Waals surface area contributed by atoms with Crippen molar-refractivity contribution in [1.29, 1.82) is 0 Å². The van der Waals surface area contributed by atoms with E-state index in [0.717, 1.165) is 29.3 Å². The van der Waals surface area contributed by atoms with Gasteiger partial charge in [0.2, 0.25) is 0 Å². The van der Waals surface area contributed by atoms with Crippen molar-refractivity contribution in [2.24, 2.45) is 0 Å². The molecule has 0 aliphatic rings. The number of rotatable bonds is 5. The molecule has 0 heterocycles. The minimum absolute atomic E-state index is 0.750. The third-order valence-electron chi connectivity index (χ3n) is 2.79. The highest BCUT2D eigenvalue weighted by Gasteiger charge is 2.04. The molecule has 2 rings (SSSR count). The molecule has 0 aromatic heterocycles. The molecule has 19 heavy (non-hydrogen) atoms. The predicted molar refractivity (Wildman–Crippen MR) is 86.0 cm³/mol. The van der Waals surface area contributed by atoms with Crippen molar-refractivity contribution in [1.82, 2.24) is 0 Å². The van der Waals surface area contributed by atoms with Crippen LogP contribution in [0.1, 0.15) is 5.56 Å². The van der Waals surface area contributed by atoms with Crippen molar-refractivity contribution < 1.29 is 9.47 Å². The molecule has 0 aliphatic heterocycles. The fraction of sp³-hybridized carbons (Fsp3) is 0.200. The third-order valence-corrected chi connectivity index (χ3v) is 3.51. The lowest BCUT2D eigenvalue weighted by atomic mass is 10.2. The molecule has 1 N–H and O–H groups in total. The van der Waals surface area contributed by atoms with Gasteiger partial charge in [-0.15, -0.1) is 0 Å². The molecule has 0 fully saturated rings. The summed E-state index contributed by atoms with van der Waals surface area (Å²) in [4.78, 5) is 0. The van der Waals surface area contributed by atoms with Gasteiger partial charge in [0, 0.05) is 15.8 Å². The molecular formula is C15H16INO2. The van der Waals surface area contributed by atoms with E-state index in [9.17, 15) is 0 Å². The van der Waals surface area contributed by atoms with Crippen molar-refractivity contribution >= 4 is 28.3 Å². The molecule has 3 nitrogen and oxygen atoms in total. The molecule has 0 spiro atoms. The molecule has 2 aromatic rings. The lowest BCUT2D eigenvalue weighted by Crippen LogP contribution is -2.00. The average molecular weight is 369 g/mol. The molecule has 100 valence electrons. The Labute approximate surface area is 127 Å². The highest BCUT2D eigenvalue weighted by atomic mass is 127. The number of halogens is 1. The lowest BCUT2D eigenvalue weighted by molar-refractivity contribution is 0.354. The molecule has 2 aromatic carbocycles. The Morgan fingerprint density at radius 2 is 1.63 bits per heavy atom. The highest BCUT2D eigenvalue weighted by Crippen LogP contribution is 2.27. The van der Waals surface area contributed by atoms with Crippen molar-refractivity contribution in [3.8, 4) is 11.5 Å². The highest BCUT2D eigenvalue weighted by molar-refractivity contribution is 14.1. The van der Waals surface area contributed by atoms with Gasteiger partial charge in [-0.2, -0.15) is 0 Å². The number of hydrogen-bond donors (Lipinski definition) is 1. The first kappa shape index (κ1) is 14.0. The van der Waals surface area contributed by atoms with E-state index in [0.29, 0.717) is 0 Å². The second kappa shape index (κ2) is 6.65. The first-order valence-corrected chi connectivity index (χ1v) is 7.01. The van der Waals surface area contributed by atoms with E-state index in [1.165, 1.54) is 3.57 Å². The standard InChI is InChI=1S/C15H16INO2/c1-18-14-8-3-11(9-15(14)19-2)10-17-13-6-4-12(16)5-7-13/h3-9,17H,10H2,1-2H3. The maximum Gasteiger partial charge on any atom is 0.161 e. The quantitative estimate of drug-likeness (QED) is 0.811.